The van der Waals surface area contributed by atoms with E-state index in [1.165, 1.54) is 0 Å². The lowest BCUT2D eigenvalue weighted by Gasteiger charge is -2.16. The van der Waals surface area contributed by atoms with E-state index in [1.54, 1.807) is 6.07 Å². The summed E-state index contributed by atoms with van der Waals surface area (Å²) in [7, 11) is 1.98. The Hall–Kier alpha value is -1.95. The Morgan fingerprint density at radius 2 is 2.04 bits per heavy atom. The van der Waals surface area contributed by atoms with Crippen LogP contribution in [0.2, 0.25) is 0 Å². The van der Waals surface area contributed by atoms with Gasteiger partial charge in [0, 0.05) is 18.1 Å². The molecule has 1 aromatic heterocycles. The third kappa shape index (κ3) is 4.76. The van der Waals surface area contributed by atoms with E-state index in [2.05, 4.69) is 38.4 Å². The number of nitrogens with zero attached hydrogens (tertiary/aromatic N) is 3. The van der Waals surface area contributed by atoms with Crippen LogP contribution in [0.15, 0.2) is 34.8 Å². The molecule has 1 N–H and O–H groups in total. The molecule has 0 unspecified atom stereocenters. The monoisotopic (exact) mass is 376 g/mol. The van der Waals surface area contributed by atoms with E-state index >= 15 is 0 Å². The van der Waals surface area contributed by atoms with Gasteiger partial charge in [0.05, 0.1) is 5.69 Å². The number of carbonyl (C=O) groups excluding carboxylic acids is 1. The second kappa shape index (κ2) is 8.06. The minimum Gasteiger partial charge on any atom is -0.358 e. The van der Waals surface area contributed by atoms with Gasteiger partial charge < -0.3 is 10.2 Å². The fraction of sp³-hybridized carbons (Fsp3) is 0.353. The Kier molecular flexibility index (Phi) is 6.10. The van der Waals surface area contributed by atoms with Gasteiger partial charge in [-0.1, -0.05) is 19.4 Å². The molecule has 2 rings (SSSR count). The maximum Gasteiger partial charge on any atom is 0.276 e. The number of carbonyl (C=O) groups is 1. The number of aryl methyl sites for hydroxylation is 1. The Bertz CT molecular complexity index is 673. The number of unbranched alkanes of at least 4 members (excludes halogenated alkanes) is 1. The average Bonchev–Trinajstić information content (AvgIpc) is 2.55. The van der Waals surface area contributed by atoms with E-state index in [-0.39, 0.29) is 5.91 Å². The van der Waals surface area contributed by atoms with Crippen molar-refractivity contribution in [3.63, 3.8) is 0 Å². The third-order valence-corrected chi connectivity index (χ3v) is 4.15. The summed E-state index contributed by atoms with van der Waals surface area (Å²) in [4.78, 5) is 14.3. The first-order chi connectivity index (χ1) is 11.0. The molecule has 0 atom stereocenters. The van der Waals surface area contributed by atoms with Crippen LogP contribution in [-0.4, -0.2) is 29.7 Å². The Labute approximate surface area is 145 Å². The lowest BCUT2D eigenvalue weighted by atomic mass is 10.2. The molecule has 0 aliphatic rings. The van der Waals surface area contributed by atoms with E-state index in [0.29, 0.717) is 11.4 Å². The standard InChI is InChI=1S/C17H21BrN4O/c1-4-5-10-22(3)16-9-8-15(20-21-16)17(23)19-14-7-6-12(2)11-13(14)18/h6-9,11H,4-5,10H2,1-3H3,(H,19,23). The lowest BCUT2D eigenvalue weighted by molar-refractivity contribution is 0.102. The zero-order valence-electron chi connectivity index (χ0n) is 13.6. The van der Waals surface area contributed by atoms with E-state index in [9.17, 15) is 4.79 Å². The summed E-state index contributed by atoms with van der Waals surface area (Å²) in [6.45, 7) is 5.07. The summed E-state index contributed by atoms with van der Waals surface area (Å²) < 4.78 is 0.842. The first-order valence-corrected chi connectivity index (χ1v) is 8.43. The topological polar surface area (TPSA) is 58.1 Å². The number of anilines is 2. The average molecular weight is 377 g/mol. The number of benzene rings is 1. The highest BCUT2D eigenvalue weighted by atomic mass is 79.9. The highest BCUT2D eigenvalue weighted by Crippen LogP contribution is 2.23. The molecule has 1 heterocycles. The van der Waals surface area contributed by atoms with Crippen molar-refractivity contribution in [2.45, 2.75) is 26.7 Å². The Morgan fingerprint density at radius 1 is 1.26 bits per heavy atom. The zero-order chi connectivity index (χ0) is 16.8. The molecule has 23 heavy (non-hydrogen) atoms. The number of halogens is 1. The fourth-order valence-corrected chi connectivity index (χ4v) is 2.66. The van der Waals surface area contributed by atoms with Crippen LogP contribution in [0, 0.1) is 6.92 Å². The van der Waals surface area contributed by atoms with Gasteiger partial charge in [-0.15, -0.1) is 10.2 Å². The van der Waals surface area contributed by atoms with Crippen molar-refractivity contribution in [3.8, 4) is 0 Å². The lowest BCUT2D eigenvalue weighted by Crippen LogP contribution is -2.21. The van der Waals surface area contributed by atoms with Crippen molar-refractivity contribution < 1.29 is 4.79 Å². The molecule has 122 valence electrons. The number of rotatable bonds is 6. The van der Waals surface area contributed by atoms with Gasteiger partial charge in [-0.2, -0.15) is 0 Å². The maximum atomic E-state index is 12.3. The van der Waals surface area contributed by atoms with Crippen LogP contribution in [0.1, 0.15) is 35.8 Å². The smallest absolute Gasteiger partial charge is 0.276 e. The van der Waals surface area contributed by atoms with Crippen LogP contribution in [-0.2, 0) is 0 Å². The summed E-state index contributed by atoms with van der Waals surface area (Å²) in [5.41, 5.74) is 2.13. The van der Waals surface area contributed by atoms with E-state index in [4.69, 9.17) is 0 Å². The number of hydrogen-bond acceptors (Lipinski definition) is 4. The van der Waals surface area contributed by atoms with Gasteiger partial charge in [-0.3, -0.25) is 4.79 Å². The molecule has 1 aromatic carbocycles. The minimum absolute atomic E-state index is 0.273. The number of aromatic nitrogens is 2. The van der Waals surface area contributed by atoms with Crippen LogP contribution >= 0.6 is 15.9 Å². The molecule has 0 bridgehead atoms. The van der Waals surface area contributed by atoms with Crippen LogP contribution < -0.4 is 10.2 Å². The summed E-state index contributed by atoms with van der Waals surface area (Å²) >= 11 is 3.45. The van der Waals surface area contributed by atoms with Crippen molar-refractivity contribution in [2.24, 2.45) is 0 Å². The molecule has 0 radical (unpaired) electrons. The van der Waals surface area contributed by atoms with Gasteiger partial charge in [-0.05, 0) is 59.1 Å². The van der Waals surface area contributed by atoms with Gasteiger partial charge >= 0.3 is 0 Å². The first kappa shape index (κ1) is 17.4. The second-order valence-corrected chi connectivity index (χ2v) is 6.34. The summed E-state index contributed by atoms with van der Waals surface area (Å²) in [5.74, 6) is 0.497. The Morgan fingerprint density at radius 3 is 2.65 bits per heavy atom. The number of hydrogen-bond donors (Lipinski definition) is 1. The van der Waals surface area contributed by atoms with Crippen LogP contribution in [0.3, 0.4) is 0 Å². The molecule has 6 heteroatoms. The molecule has 2 aromatic rings. The zero-order valence-corrected chi connectivity index (χ0v) is 15.2. The molecule has 1 amide bonds. The number of amides is 1. The largest absolute Gasteiger partial charge is 0.358 e. The quantitative estimate of drug-likeness (QED) is 0.826. The summed E-state index contributed by atoms with van der Waals surface area (Å²) in [6.07, 6.45) is 2.23. The van der Waals surface area contributed by atoms with Gasteiger partial charge in [0.1, 0.15) is 0 Å². The SMILES string of the molecule is CCCCN(C)c1ccc(C(=O)Nc2ccc(C)cc2Br)nn1. The minimum atomic E-state index is -0.273. The van der Waals surface area contributed by atoms with Crippen molar-refractivity contribution in [2.75, 3.05) is 23.8 Å². The summed E-state index contributed by atoms with van der Waals surface area (Å²) in [6, 6.07) is 9.27. The number of nitrogens with one attached hydrogen (secondary N) is 1. The maximum absolute atomic E-state index is 12.3. The molecule has 0 fully saturated rings. The Balaban J connectivity index is 2.05. The molecule has 0 aliphatic heterocycles. The van der Waals surface area contributed by atoms with Gasteiger partial charge in [0.25, 0.3) is 5.91 Å². The molecule has 0 saturated heterocycles. The van der Waals surface area contributed by atoms with E-state index in [0.717, 1.165) is 35.2 Å². The van der Waals surface area contributed by atoms with E-state index in [1.807, 2.05) is 43.1 Å². The highest BCUT2D eigenvalue weighted by molar-refractivity contribution is 9.10. The van der Waals surface area contributed by atoms with Crippen LogP contribution in [0.25, 0.3) is 0 Å². The van der Waals surface area contributed by atoms with E-state index < -0.39 is 0 Å². The molecular weight excluding hydrogens is 356 g/mol. The molecule has 0 spiro atoms. The first-order valence-electron chi connectivity index (χ1n) is 7.63. The van der Waals surface area contributed by atoms with Gasteiger partial charge in [-0.25, -0.2) is 0 Å². The van der Waals surface area contributed by atoms with Crippen LogP contribution in [0.5, 0.6) is 0 Å². The fourth-order valence-electron chi connectivity index (χ4n) is 2.07. The normalized spacial score (nSPS) is 10.4. The predicted molar refractivity (Wildman–Crippen MR) is 97.0 cm³/mol. The van der Waals surface area contributed by atoms with Crippen molar-refractivity contribution in [1.82, 2.24) is 10.2 Å². The van der Waals surface area contributed by atoms with Gasteiger partial charge in [0.15, 0.2) is 11.5 Å². The predicted octanol–water partition coefficient (Wildman–Crippen LogP) is 4.04. The van der Waals surface area contributed by atoms with Crippen molar-refractivity contribution >= 4 is 33.3 Å². The molecular formula is C17H21BrN4O. The second-order valence-electron chi connectivity index (χ2n) is 5.49. The van der Waals surface area contributed by atoms with Crippen molar-refractivity contribution in [1.29, 1.82) is 0 Å². The summed E-state index contributed by atoms with van der Waals surface area (Å²) in [5, 5.41) is 11.0. The molecule has 0 aliphatic carbocycles. The van der Waals surface area contributed by atoms with Crippen LogP contribution in [0.4, 0.5) is 11.5 Å². The van der Waals surface area contributed by atoms with Gasteiger partial charge in [0.2, 0.25) is 0 Å². The van der Waals surface area contributed by atoms with Crippen molar-refractivity contribution in [3.05, 3.63) is 46.1 Å². The highest BCUT2D eigenvalue weighted by Gasteiger charge is 2.11. The third-order valence-electron chi connectivity index (χ3n) is 3.49. The molecule has 5 nitrogen and oxygen atoms in total. The molecule has 0 saturated carbocycles.